The van der Waals surface area contributed by atoms with Crippen LogP contribution in [0.3, 0.4) is 0 Å². The number of hydrogen-bond acceptors (Lipinski definition) is 8. The lowest BCUT2D eigenvalue weighted by molar-refractivity contribution is 0.0651. The number of benzene rings is 2. The van der Waals surface area contributed by atoms with Gasteiger partial charge in [-0.05, 0) is 68.7 Å². The molecule has 1 saturated heterocycles. The van der Waals surface area contributed by atoms with Crippen LogP contribution in [0.25, 0.3) is 0 Å². The summed E-state index contributed by atoms with van der Waals surface area (Å²) in [5.41, 5.74) is 0.488. The van der Waals surface area contributed by atoms with Gasteiger partial charge < -0.3 is 18.8 Å². The number of nitrogens with zero attached hydrogens (tertiary/aromatic N) is 3. The van der Waals surface area contributed by atoms with Crippen molar-refractivity contribution in [3.05, 3.63) is 59.2 Å². The highest BCUT2D eigenvalue weighted by atomic mass is 32.1. The second-order valence-electron chi connectivity index (χ2n) is 11.7. The molecule has 1 atom stereocenters. The number of anilines is 1. The average Bonchev–Trinajstić information content (AvgIpc) is 3.26. The molecule has 1 unspecified atom stereocenters. The van der Waals surface area contributed by atoms with E-state index in [1.807, 2.05) is 6.92 Å². The summed E-state index contributed by atoms with van der Waals surface area (Å²) < 4.78 is 37.4. The number of amides is 2. The number of ether oxygens (including phenoxy) is 2. The zero-order chi connectivity index (χ0) is 29.9. The number of carbonyl (C=O) groups is 2. The number of rotatable bonds is 10. The van der Waals surface area contributed by atoms with Crippen molar-refractivity contribution >= 4 is 36.8 Å². The average molecular weight is 601 g/mol. The van der Waals surface area contributed by atoms with Crippen molar-refractivity contribution < 1.29 is 27.9 Å². The molecule has 0 aliphatic carbocycles. The monoisotopic (exact) mass is 600 g/mol. The van der Waals surface area contributed by atoms with E-state index in [1.54, 1.807) is 24.0 Å². The molecule has 1 aromatic heterocycles. The number of carbonyl (C=O) groups excluding carboxylic acids is 2. The van der Waals surface area contributed by atoms with E-state index in [1.165, 1.54) is 24.3 Å². The van der Waals surface area contributed by atoms with Gasteiger partial charge in [-0.3, -0.25) is 14.9 Å². The minimum absolute atomic E-state index is 0.0499. The summed E-state index contributed by atoms with van der Waals surface area (Å²) >= 11 is 1.07. The molecule has 9 nitrogen and oxygen atoms in total. The lowest BCUT2D eigenvalue weighted by atomic mass is 10.1. The Morgan fingerprint density at radius 2 is 1.83 bits per heavy atom. The van der Waals surface area contributed by atoms with E-state index in [4.69, 9.17) is 13.9 Å². The van der Waals surface area contributed by atoms with Crippen LogP contribution in [0.1, 0.15) is 60.7 Å². The molecule has 4 rings (SSSR count). The first-order chi connectivity index (χ1) is 19.2. The van der Waals surface area contributed by atoms with Gasteiger partial charge >= 0.3 is 0 Å². The van der Waals surface area contributed by atoms with Gasteiger partial charge in [0.2, 0.25) is 5.13 Å². The lowest BCUT2D eigenvalue weighted by Crippen LogP contribution is -2.43. The molecule has 0 radical (unpaired) electrons. The molecule has 1 aliphatic heterocycles. The van der Waals surface area contributed by atoms with Crippen molar-refractivity contribution in [3.63, 3.8) is 0 Å². The van der Waals surface area contributed by atoms with Crippen LogP contribution in [0.4, 0.5) is 9.52 Å². The van der Waals surface area contributed by atoms with Gasteiger partial charge in [0.05, 0.1) is 6.61 Å². The van der Waals surface area contributed by atoms with Crippen LogP contribution in [0.2, 0.25) is 18.1 Å². The summed E-state index contributed by atoms with van der Waals surface area (Å²) in [6.45, 7) is 16.2. The largest absolute Gasteiger partial charge is 0.488 e. The SMILES string of the molecule is Cc1nsc(NC(=O)c2cc(Oc3ccc(C(=O)N4CCC4)cc3F)cc(OC(C)CO[Si](C)(C)C(C)(C)C)c2)n1. The van der Waals surface area contributed by atoms with Crippen LogP contribution in [-0.4, -0.2) is 60.2 Å². The highest BCUT2D eigenvalue weighted by Crippen LogP contribution is 2.37. The van der Waals surface area contributed by atoms with E-state index in [9.17, 15) is 9.59 Å². The Hall–Kier alpha value is -3.35. The summed E-state index contributed by atoms with van der Waals surface area (Å²) in [6.07, 6.45) is 0.619. The number of aryl methyl sites for hydroxylation is 1. The first-order valence-corrected chi connectivity index (χ1v) is 17.2. The summed E-state index contributed by atoms with van der Waals surface area (Å²) in [7, 11) is -1.99. The molecule has 12 heteroatoms. The van der Waals surface area contributed by atoms with E-state index in [0.29, 0.717) is 36.4 Å². The summed E-state index contributed by atoms with van der Waals surface area (Å²) in [5, 5.41) is 3.13. The van der Waals surface area contributed by atoms with Crippen molar-refractivity contribution in [2.24, 2.45) is 0 Å². The molecule has 1 fully saturated rings. The molecule has 1 N–H and O–H groups in total. The Bertz CT molecular complexity index is 1420. The Morgan fingerprint density at radius 3 is 2.41 bits per heavy atom. The Labute approximate surface area is 245 Å². The third kappa shape index (κ3) is 7.69. The fraction of sp³-hybridized carbons (Fsp3) is 0.448. The van der Waals surface area contributed by atoms with Gasteiger partial charge in [0.15, 0.2) is 19.9 Å². The quantitative estimate of drug-likeness (QED) is 0.260. The van der Waals surface area contributed by atoms with Gasteiger partial charge in [-0.2, -0.15) is 4.37 Å². The molecular formula is C29H37FN4O5SSi. The van der Waals surface area contributed by atoms with Gasteiger partial charge in [-0.15, -0.1) is 0 Å². The molecular weight excluding hydrogens is 563 g/mol. The van der Waals surface area contributed by atoms with Crippen LogP contribution in [0.15, 0.2) is 36.4 Å². The fourth-order valence-electron chi connectivity index (χ4n) is 3.70. The van der Waals surface area contributed by atoms with Crippen molar-refractivity contribution in [3.8, 4) is 17.2 Å². The molecule has 1 aliphatic rings. The minimum atomic E-state index is -1.99. The van der Waals surface area contributed by atoms with E-state index < -0.39 is 20.0 Å². The van der Waals surface area contributed by atoms with Gasteiger partial charge in [-0.25, -0.2) is 9.37 Å². The van der Waals surface area contributed by atoms with Gasteiger partial charge in [0.25, 0.3) is 11.8 Å². The number of hydrogen-bond donors (Lipinski definition) is 1. The van der Waals surface area contributed by atoms with Crippen LogP contribution < -0.4 is 14.8 Å². The Kier molecular flexibility index (Phi) is 9.15. The molecule has 0 saturated carbocycles. The van der Waals surface area contributed by atoms with Crippen LogP contribution in [0, 0.1) is 12.7 Å². The smallest absolute Gasteiger partial charge is 0.257 e. The molecule has 2 aromatic carbocycles. The zero-order valence-corrected chi connectivity index (χ0v) is 26.4. The topological polar surface area (TPSA) is 103 Å². The van der Waals surface area contributed by atoms with Gasteiger partial charge in [-0.1, -0.05) is 20.8 Å². The first kappa shape index (κ1) is 30.6. The van der Waals surface area contributed by atoms with Crippen molar-refractivity contribution in [2.45, 2.75) is 65.3 Å². The third-order valence-electron chi connectivity index (χ3n) is 7.26. The summed E-state index contributed by atoms with van der Waals surface area (Å²) in [5.74, 6) is -0.323. The van der Waals surface area contributed by atoms with Gasteiger partial charge in [0.1, 0.15) is 23.4 Å². The van der Waals surface area contributed by atoms with E-state index in [0.717, 1.165) is 18.0 Å². The second kappa shape index (κ2) is 12.3. The van der Waals surface area contributed by atoms with Crippen LogP contribution >= 0.6 is 11.5 Å². The first-order valence-electron chi connectivity index (χ1n) is 13.6. The normalized spacial score (nSPS) is 14.3. The predicted octanol–water partition coefficient (Wildman–Crippen LogP) is 6.67. The Balaban J connectivity index is 1.55. The Morgan fingerprint density at radius 1 is 1.12 bits per heavy atom. The number of halogens is 1. The maximum absolute atomic E-state index is 15.0. The van der Waals surface area contributed by atoms with E-state index in [2.05, 4.69) is 48.5 Å². The van der Waals surface area contributed by atoms with Crippen molar-refractivity contribution in [1.82, 2.24) is 14.3 Å². The summed E-state index contributed by atoms with van der Waals surface area (Å²) in [4.78, 5) is 31.4. The van der Waals surface area contributed by atoms with Crippen LogP contribution in [0.5, 0.6) is 17.2 Å². The third-order valence-corrected chi connectivity index (χ3v) is 12.5. The number of aromatic nitrogens is 2. The second-order valence-corrected chi connectivity index (χ2v) is 17.2. The standard InChI is InChI=1S/C29H37FN4O5SSi/c1-18(17-37-41(6,7)29(3,4)5)38-22-13-21(26(35)32-28-31-19(2)33-40-28)14-23(16-22)39-25-10-9-20(15-24(25)30)27(36)34-11-8-12-34/h9-10,13-16,18H,8,11-12,17H2,1-7H3,(H,31,32,33,35). The molecule has 2 heterocycles. The zero-order valence-electron chi connectivity index (χ0n) is 24.5. The van der Waals surface area contributed by atoms with Crippen molar-refractivity contribution in [2.75, 3.05) is 25.0 Å². The number of nitrogens with one attached hydrogen (secondary N) is 1. The van der Waals surface area contributed by atoms with E-state index in [-0.39, 0.29) is 39.7 Å². The molecule has 0 spiro atoms. The molecule has 41 heavy (non-hydrogen) atoms. The predicted molar refractivity (Wildman–Crippen MR) is 159 cm³/mol. The van der Waals surface area contributed by atoms with Crippen LogP contribution in [-0.2, 0) is 4.43 Å². The highest BCUT2D eigenvalue weighted by Gasteiger charge is 2.37. The molecule has 220 valence electrons. The molecule has 2 amide bonds. The lowest BCUT2D eigenvalue weighted by Gasteiger charge is -2.36. The van der Waals surface area contributed by atoms with Crippen molar-refractivity contribution in [1.29, 1.82) is 0 Å². The maximum Gasteiger partial charge on any atom is 0.257 e. The highest BCUT2D eigenvalue weighted by molar-refractivity contribution is 7.09. The molecule has 0 bridgehead atoms. The minimum Gasteiger partial charge on any atom is -0.488 e. The van der Waals surface area contributed by atoms with Gasteiger partial charge in [0, 0.05) is 41.8 Å². The summed E-state index contributed by atoms with van der Waals surface area (Å²) in [6, 6.07) is 8.78. The van der Waals surface area contributed by atoms with E-state index >= 15 is 4.39 Å². The molecule has 3 aromatic rings. The maximum atomic E-state index is 15.0. The number of likely N-dealkylation sites (tertiary alicyclic amines) is 1. The fourth-order valence-corrected chi connectivity index (χ4v) is 5.36.